The van der Waals surface area contributed by atoms with Gasteiger partial charge in [-0.3, -0.25) is 4.79 Å². The van der Waals surface area contributed by atoms with E-state index in [0.717, 1.165) is 103 Å². The number of carbonyl (C=O) groups excluding carboxylic acids is 1. The molecule has 0 fully saturated rings. The predicted octanol–water partition coefficient (Wildman–Crippen LogP) is 29.9. The van der Waals surface area contributed by atoms with Crippen molar-refractivity contribution in [2.45, 2.75) is 100 Å². The first kappa shape index (κ1) is 79.2. The van der Waals surface area contributed by atoms with Crippen molar-refractivity contribution in [3.05, 3.63) is 393 Å². The van der Waals surface area contributed by atoms with Crippen molar-refractivity contribution in [1.82, 2.24) is 0 Å². The summed E-state index contributed by atoms with van der Waals surface area (Å²) in [6, 6.07) is 81.1. The molecule has 0 heterocycles. The van der Waals surface area contributed by atoms with E-state index in [0.29, 0.717) is 5.92 Å². The van der Waals surface area contributed by atoms with E-state index >= 15 is 0 Å². The van der Waals surface area contributed by atoms with Crippen LogP contribution in [-0.4, -0.2) is 10.9 Å². The zero-order valence-electron chi connectivity index (χ0n) is 60.9. The first-order valence-corrected chi connectivity index (χ1v) is 41.9. The third-order valence-electron chi connectivity index (χ3n) is 20.0. The van der Waals surface area contributed by atoms with Crippen LogP contribution in [0.25, 0.3) is 44.5 Å². The maximum atomic E-state index is 12.2. The van der Waals surface area contributed by atoms with Crippen LogP contribution in [-0.2, 0) is 11.0 Å². The van der Waals surface area contributed by atoms with Gasteiger partial charge < -0.3 is 10.8 Å². The number of halogens is 9. The average Bonchev–Trinajstić information content (AvgIpc) is 1.56. The molecular formula is C94H78Br9NO2. The minimum atomic E-state index is -1.14. The molecule has 0 saturated heterocycles. The summed E-state index contributed by atoms with van der Waals surface area (Å²) in [5.41, 5.74) is 41.4. The van der Waals surface area contributed by atoms with Crippen LogP contribution in [0.4, 0.5) is 5.69 Å². The molecule has 13 aromatic carbocycles. The lowest BCUT2D eigenvalue weighted by atomic mass is 9.73. The quantitative estimate of drug-likeness (QED) is 0.173. The molecule has 0 unspecified atom stereocenters. The number of rotatable bonds is 3. The molecular weight excluding hydrogens is 1890 g/mol. The Kier molecular flexibility index (Phi) is 24.4. The highest BCUT2D eigenvalue weighted by atomic mass is 79.9. The van der Waals surface area contributed by atoms with Gasteiger partial charge in [-0.15, -0.1) is 0 Å². The maximum absolute atomic E-state index is 12.2. The van der Waals surface area contributed by atoms with Crippen LogP contribution < -0.4 is 5.73 Å². The monoisotopic (exact) mass is 1960 g/mol. The van der Waals surface area contributed by atoms with Gasteiger partial charge in [0.1, 0.15) is 5.60 Å². The normalized spacial score (nSPS) is 13.0. The molecule has 13 aromatic rings. The van der Waals surface area contributed by atoms with Gasteiger partial charge in [0, 0.05) is 79.5 Å². The molecule has 0 atom stereocenters. The fourth-order valence-corrected chi connectivity index (χ4v) is 19.3. The van der Waals surface area contributed by atoms with Crippen LogP contribution in [0.3, 0.4) is 0 Å². The number of nitrogens with two attached hydrogens (primary N) is 1. The van der Waals surface area contributed by atoms with Crippen molar-refractivity contribution in [3.8, 4) is 44.5 Å². The highest BCUT2D eigenvalue weighted by Crippen LogP contribution is 2.56. The summed E-state index contributed by atoms with van der Waals surface area (Å²) in [5, 5.41) is 11.9. The number of benzene rings is 13. The number of hydrogen-bond acceptors (Lipinski definition) is 3. The third-order valence-corrected chi connectivity index (χ3v) is 24.4. The minimum Gasteiger partial charge on any atom is -0.398 e. The Morgan fingerprint density at radius 1 is 0.283 bits per heavy atom. The number of hydrogen-bond donors (Lipinski definition) is 2. The fraction of sp³-hybridized carbons (Fsp3) is 0.160. The Hall–Kier alpha value is -6.39. The molecule has 0 bridgehead atoms. The zero-order valence-corrected chi connectivity index (χ0v) is 75.1. The van der Waals surface area contributed by atoms with Gasteiger partial charge in [-0.25, -0.2) is 0 Å². The van der Waals surface area contributed by atoms with Crippen LogP contribution >= 0.6 is 143 Å². The van der Waals surface area contributed by atoms with Crippen molar-refractivity contribution < 1.29 is 9.90 Å². The SMILES string of the molecule is Cc1cc(C)c(N)c(C)c1.Cc1cc(C)cc(Br)c1.Cc1cc(C)cc(C2(C)c3cc(Br)ccc3-c3ccc(Br)cc32)c1.Cc1cc(C)cc(C2(O)c3cc(Br)ccc3-c3ccc(Br)cc32)c1.Cc1cc(C)cc(C2c3cc(Br)ccc3-c3ccc(Br)cc32)c1.O=C1c2cc(Br)ccc2-c2ccc(Br)cc21. The van der Waals surface area contributed by atoms with Gasteiger partial charge in [-0.05, 0) is 298 Å². The van der Waals surface area contributed by atoms with Crippen LogP contribution in [0.15, 0.2) is 271 Å². The Morgan fingerprint density at radius 2 is 0.557 bits per heavy atom. The van der Waals surface area contributed by atoms with Crippen molar-refractivity contribution >= 4 is 155 Å². The van der Waals surface area contributed by atoms with Gasteiger partial charge >= 0.3 is 0 Å². The number of aliphatic hydroxyl groups is 1. The highest BCUT2D eigenvalue weighted by molar-refractivity contribution is 9.12. The third kappa shape index (κ3) is 16.7. The van der Waals surface area contributed by atoms with Crippen LogP contribution in [0.5, 0.6) is 0 Å². The largest absolute Gasteiger partial charge is 0.398 e. The summed E-state index contributed by atoms with van der Waals surface area (Å²) >= 11 is 31.9. The molecule has 3 nitrogen and oxygen atoms in total. The van der Waals surface area contributed by atoms with Crippen molar-refractivity contribution in [3.63, 3.8) is 0 Å². The molecule has 12 heteroatoms. The Labute approximate surface area is 700 Å². The number of fused-ring (bicyclic) bond motifs is 12. The molecule has 4 aliphatic rings. The molecule has 0 saturated carbocycles. The summed E-state index contributed by atoms with van der Waals surface area (Å²) < 4.78 is 9.51. The fourth-order valence-electron chi connectivity index (χ4n) is 15.7. The van der Waals surface area contributed by atoms with E-state index in [1.54, 1.807) is 0 Å². The molecule has 3 N–H and O–H groups in total. The summed E-state index contributed by atoms with van der Waals surface area (Å²) in [6.07, 6.45) is 0. The molecule has 106 heavy (non-hydrogen) atoms. The molecule has 17 rings (SSSR count). The van der Waals surface area contributed by atoms with Crippen molar-refractivity contribution in [2.75, 3.05) is 5.73 Å². The van der Waals surface area contributed by atoms with Crippen LogP contribution in [0, 0.1) is 76.2 Å². The second-order valence-corrected chi connectivity index (χ2v) is 36.7. The van der Waals surface area contributed by atoms with Gasteiger partial charge in [-0.1, -0.05) is 304 Å². The average molecular weight is 1970 g/mol. The highest BCUT2D eigenvalue weighted by Gasteiger charge is 2.44. The predicted molar refractivity (Wildman–Crippen MR) is 478 cm³/mol. The smallest absolute Gasteiger partial charge is 0.194 e. The lowest BCUT2D eigenvalue weighted by Crippen LogP contribution is -2.26. The number of nitrogen functional groups attached to an aromatic ring is 1. The van der Waals surface area contributed by atoms with E-state index < -0.39 is 5.60 Å². The van der Waals surface area contributed by atoms with Gasteiger partial charge in [0.25, 0.3) is 0 Å². The van der Waals surface area contributed by atoms with E-state index in [9.17, 15) is 9.90 Å². The number of carbonyl (C=O) groups is 1. The van der Waals surface area contributed by atoms with Gasteiger partial charge in [0.15, 0.2) is 5.78 Å². The second-order valence-electron chi connectivity index (χ2n) is 28.5. The molecule has 4 aliphatic carbocycles. The minimum absolute atomic E-state index is 0.104. The lowest BCUT2D eigenvalue weighted by molar-refractivity contribution is 0.104. The standard InChI is InChI=1S/C22H18Br2.C21H16Br2O.C21H16Br2.C13H6Br2O.C9H13N.C8H9Br/c1-13-8-14(2)10-15(9-13)22(3)20-11-16(23)4-6-18(20)19-7-5-17(24)12-21(19)22;1-12-7-13(2)9-14(8-12)21(24)19-10-15(22)3-5-17(19)18-6-4-16(23)11-20(18)21;1-12-7-13(2)9-14(8-12)21-19-10-15(22)3-5-17(19)18-6-4-16(23)11-20(18)21;14-7-1-3-9-10-4-2-8(15)6-12(10)13(16)11(9)5-7;1-6-4-7(2)9(10)8(3)5-6;1-6-3-7(2)5-8(9)4-6/h4-12H,1-3H3;3-11,24H,1-2H3;3-11,21H,1-2H3;1-6H;4-5H,10H2,1-3H3;3-5H,1-2H3. The molecule has 0 spiro atoms. The molecule has 0 amide bonds. The number of anilines is 1. The number of aryl methyl sites for hydroxylation is 11. The molecule has 0 aromatic heterocycles. The van der Waals surface area contributed by atoms with Gasteiger partial charge in [0.05, 0.1) is 0 Å². The molecule has 534 valence electrons. The summed E-state index contributed by atoms with van der Waals surface area (Å²) in [5.74, 6) is 0.404. The molecule has 0 aliphatic heterocycles. The van der Waals surface area contributed by atoms with E-state index in [4.69, 9.17) is 5.73 Å². The Balaban J connectivity index is 0.000000123. The summed E-state index contributed by atoms with van der Waals surface area (Å²) in [4.78, 5) is 12.2. The zero-order chi connectivity index (χ0) is 76.1. The number of ketones is 1. The summed E-state index contributed by atoms with van der Waals surface area (Å²) in [6.45, 7) is 25.5. The first-order chi connectivity index (χ1) is 50.3. The Bertz CT molecular complexity index is 5150. The van der Waals surface area contributed by atoms with E-state index in [2.05, 4.69) is 382 Å². The lowest BCUT2D eigenvalue weighted by Gasteiger charge is -2.29. The molecule has 0 radical (unpaired) electrons. The van der Waals surface area contributed by atoms with Crippen LogP contribution in [0.2, 0.25) is 0 Å². The van der Waals surface area contributed by atoms with Gasteiger partial charge in [-0.2, -0.15) is 0 Å². The Morgan fingerprint density at radius 3 is 0.915 bits per heavy atom. The van der Waals surface area contributed by atoms with Crippen molar-refractivity contribution in [2.24, 2.45) is 0 Å². The van der Waals surface area contributed by atoms with Crippen molar-refractivity contribution in [1.29, 1.82) is 0 Å². The van der Waals surface area contributed by atoms with Crippen LogP contribution in [0.1, 0.15) is 140 Å². The first-order valence-electron chi connectivity index (χ1n) is 34.8. The van der Waals surface area contributed by atoms with Gasteiger partial charge in [0.2, 0.25) is 0 Å². The van der Waals surface area contributed by atoms with E-state index in [-0.39, 0.29) is 11.2 Å². The topological polar surface area (TPSA) is 63.3 Å². The van der Waals surface area contributed by atoms with E-state index in [1.165, 1.54) is 110 Å². The second kappa shape index (κ2) is 32.7. The van der Waals surface area contributed by atoms with E-state index in [1.807, 2.05) is 74.5 Å². The summed E-state index contributed by atoms with van der Waals surface area (Å²) in [7, 11) is 0. The maximum Gasteiger partial charge on any atom is 0.194 e.